The molecule has 1 unspecified atom stereocenters. The Morgan fingerprint density at radius 1 is 1.17 bits per heavy atom. The molecule has 0 aromatic carbocycles. The number of hydrogen-bond acceptors (Lipinski definition) is 3. The summed E-state index contributed by atoms with van der Waals surface area (Å²) in [4.78, 5) is 2.19. The summed E-state index contributed by atoms with van der Waals surface area (Å²) >= 11 is 0. The molecule has 0 amide bonds. The smallest absolute Gasteiger partial charge is 0.371 e. The zero-order chi connectivity index (χ0) is 13.0. The summed E-state index contributed by atoms with van der Waals surface area (Å²) in [6, 6.07) is 1.20. The Balaban J connectivity index is 1.57. The van der Waals surface area contributed by atoms with Crippen molar-refractivity contribution in [1.29, 1.82) is 0 Å². The summed E-state index contributed by atoms with van der Waals surface area (Å²) in [7, 11) is 0. The molecule has 1 atom stereocenters. The second-order valence-electron chi connectivity index (χ2n) is 5.25. The van der Waals surface area contributed by atoms with Gasteiger partial charge in [-0.25, -0.2) is 0 Å². The number of rotatable bonds is 6. The molecular weight excluding hydrogens is 245 g/mol. The SMILES string of the molecule is FC(F)(F)COCCN1CCCC(NC2CC2)C1. The third kappa shape index (κ3) is 5.54. The fourth-order valence-corrected chi connectivity index (χ4v) is 2.36. The molecule has 0 bridgehead atoms. The molecule has 0 spiro atoms. The van der Waals surface area contributed by atoms with Crippen molar-refractivity contribution in [3.05, 3.63) is 0 Å². The molecule has 1 aliphatic carbocycles. The summed E-state index contributed by atoms with van der Waals surface area (Å²) in [5.74, 6) is 0. The van der Waals surface area contributed by atoms with Gasteiger partial charge in [-0.3, -0.25) is 4.90 Å². The molecular formula is C12H21F3N2O. The van der Waals surface area contributed by atoms with Gasteiger partial charge in [-0.05, 0) is 32.2 Å². The van der Waals surface area contributed by atoms with Crippen LogP contribution in [0.1, 0.15) is 25.7 Å². The van der Waals surface area contributed by atoms with Crippen LogP contribution in [0.25, 0.3) is 0 Å². The van der Waals surface area contributed by atoms with E-state index in [-0.39, 0.29) is 6.61 Å². The maximum atomic E-state index is 11.9. The number of piperidine rings is 1. The largest absolute Gasteiger partial charge is 0.411 e. The molecule has 3 nitrogen and oxygen atoms in total. The number of nitrogens with zero attached hydrogens (tertiary/aromatic N) is 1. The number of ether oxygens (including phenoxy) is 1. The van der Waals surface area contributed by atoms with Gasteiger partial charge in [-0.15, -0.1) is 0 Å². The summed E-state index contributed by atoms with van der Waals surface area (Å²) in [5.41, 5.74) is 0. The van der Waals surface area contributed by atoms with Crippen LogP contribution in [0.2, 0.25) is 0 Å². The first-order valence-corrected chi connectivity index (χ1v) is 6.66. The van der Waals surface area contributed by atoms with Crippen LogP contribution in [0.15, 0.2) is 0 Å². The summed E-state index contributed by atoms with van der Waals surface area (Å²) in [6.45, 7) is 1.53. The van der Waals surface area contributed by atoms with Crippen molar-refractivity contribution in [2.45, 2.75) is 43.9 Å². The zero-order valence-electron chi connectivity index (χ0n) is 10.5. The van der Waals surface area contributed by atoms with Crippen LogP contribution >= 0.6 is 0 Å². The van der Waals surface area contributed by atoms with Crippen LogP contribution in [0.4, 0.5) is 13.2 Å². The molecule has 1 saturated carbocycles. The molecule has 106 valence electrons. The molecule has 2 rings (SSSR count). The van der Waals surface area contributed by atoms with Gasteiger partial charge < -0.3 is 10.1 Å². The molecule has 6 heteroatoms. The molecule has 1 heterocycles. The van der Waals surface area contributed by atoms with Gasteiger partial charge >= 0.3 is 6.18 Å². The number of halogens is 3. The van der Waals surface area contributed by atoms with E-state index in [1.165, 1.54) is 19.3 Å². The number of alkyl halides is 3. The molecule has 0 aromatic rings. The van der Waals surface area contributed by atoms with Crippen LogP contribution in [-0.4, -0.2) is 56.0 Å². The molecule has 1 aliphatic heterocycles. The van der Waals surface area contributed by atoms with Crippen molar-refractivity contribution < 1.29 is 17.9 Å². The zero-order valence-corrected chi connectivity index (χ0v) is 10.5. The minimum absolute atomic E-state index is 0.162. The third-order valence-corrected chi connectivity index (χ3v) is 3.37. The highest BCUT2D eigenvalue weighted by Gasteiger charge is 2.29. The Morgan fingerprint density at radius 2 is 1.94 bits per heavy atom. The standard InChI is InChI=1S/C12H21F3N2O/c13-12(14,15)9-18-7-6-17-5-1-2-11(8-17)16-10-3-4-10/h10-11,16H,1-9H2. The normalized spacial score (nSPS) is 26.5. The van der Waals surface area contributed by atoms with E-state index in [2.05, 4.69) is 15.0 Å². The van der Waals surface area contributed by atoms with Crippen LogP contribution in [0, 0.1) is 0 Å². The van der Waals surface area contributed by atoms with E-state index in [4.69, 9.17) is 0 Å². The molecule has 18 heavy (non-hydrogen) atoms. The van der Waals surface area contributed by atoms with Gasteiger partial charge in [0.05, 0.1) is 6.61 Å². The lowest BCUT2D eigenvalue weighted by molar-refractivity contribution is -0.174. The Bertz CT molecular complexity index is 256. The number of nitrogens with one attached hydrogen (secondary N) is 1. The second-order valence-corrected chi connectivity index (χ2v) is 5.25. The maximum absolute atomic E-state index is 11.9. The lowest BCUT2D eigenvalue weighted by atomic mass is 10.1. The molecule has 1 saturated heterocycles. The van der Waals surface area contributed by atoms with Crippen molar-refractivity contribution in [1.82, 2.24) is 10.2 Å². The van der Waals surface area contributed by atoms with E-state index in [0.717, 1.165) is 19.5 Å². The highest BCUT2D eigenvalue weighted by atomic mass is 19.4. The highest BCUT2D eigenvalue weighted by Crippen LogP contribution is 2.22. The number of likely N-dealkylation sites (tertiary alicyclic amines) is 1. The van der Waals surface area contributed by atoms with Gasteiger partial charge in [0.1, 0.15) is 6.61 Å². The average molecular weight is 266 g/mol. The lowest BCUT2D eigenvalue weighted by Gasteiger charge is -2.33. The van der Waals surface area contributed by atoms with Crippen molar-refractivity contribution in [3.63, 3.8) is 0 Å². The van der Waals surface area contributed by atoms with Crippen molar-refractivity contribution in [2.75, 3.05) is 32.8 Å². The van der Waals surface area contributed by atoms with Gasteiger partial charge in [0.15, 0.2) is 0 Å². The minimum Gasteiger partial charge on any atom is -0.371 e. The summed E-state index contributed by atoms with van der Waals surface area (Å²) < 4.78 is 40.3. The molecule has 0 aromatic heterocycles. The molecule has 1 N–H and O–H groups in total. The first kappa shape index (κ1) is 14.1. The Hall–Kier alpha value is -0.330. The predicted molar refractivity (Wildman–Crippen MR) is 62.5 cm³/mol. The Morgan fingerprint density at radius 3 is 2.61 bits per heavy atom. The lowest BCUT2D eigenvalue weighted by Crippen LogP contribution is -2.47. The van der Waals surface area contributed by atoms with Crippen molar-refractivity contribution in [2.24, 2.45) is 0 Å². The average Bonchev–Trinajstić information content (AvgIpc) is 3.08. The topological polar surface area (TPSA) is 24.5 Å². The first-order chi connectivity index (χ1) is 8.53. The van der Waals surface area contributed by atoms with Crippen LogP contribution in [-0.2, 0) is 4.74 Å². The third-order valence-electron chi connectivity index (χ3n) is 3.37. The monoisotopic (exact) mass is 266 g/mol. The summed E-state index contributed by atoms with van der Waals surface area (Å²) in [5, 5.41) is 3.57. The molecule has 2 fully saturated rings. The summed E-state index contributed by atoms with van der Waals surface area (Å²) in [6.07, 6.45) is 0.619. The van der Waals surface area contributed by atoms with Crippen LogP contribution in [0.3, 0.4) is 0 Å². The van der Waals surface area contributed by atoms with Crippen LogP contribution in [0.5, 0.6) is 0 Å². The van der Waals surface area contributed by atoms with E-state index < -0.39 is 12.8 Å². The fraction of sp³-hybridized carbons (Fsp3) is 1.00. The van der Waals surface area contributed by atoms with Crippen molar-refractivity contribution >= 4 is 0 Å². The van der Waals surface area contributed by atoms with E-state index in [1.54, 1.807) is 0 Å². The van der Waals surface area contributed by atoms with Crippen LogP contribution < -0.4 is 5.32 Å². The minimum atomic E-state index is -4.21. The molecule has 0 radical (unpaired) electrons. The second kappa shape index (κ2) is 6.21. The fourth-order valence-electron chi connectivity index (χ4n) is 2.36. The van der Waals surface area contributed by atoms with Gasteiger partial charge in [-0.2, -0.15) is 13.2 Å². The maximum Gasteiger partial charge on any atom is 0.411 e. The number of hydrogen-bond donors (Lipinski definition) is 1. The predicted octanol–water partition coefficient (Wildman–Crippen LogP) is 1.78. The first-order valence-electron chi connectivity index (χ1n) is 6.66. The van der Waals surface area contributed by atoms with E-state index in [1.807, 2.05) is 0 Å². The van der Waals surface area contributed by atoms with E-state index in [9.17, 15) is 13.2 Å². The highest BCUT2D eigenvalue weighted by molar-refractivity contribution is 4.87. The van der Waals surface area contributed by atoms with Gasteiger partial charge in [0, 0.05) is 25.2 Å². The van der Waals surface area contributed by atoms with E-state index >= 15 is 0 Å². The van der Waals surface area contributed by atoms with Gasteiger partial charge in [-0.1, -0.05) is 0 Å². The van der Waals surface area contributed by atoms with E-state index in [0.29, 0.717) is 18.6 Å². The quantitative estimate of drug-likeness (QED) is 0.742. The Labute approximate surface area is 106 Å². The van der Waals surface area contributed by atoms with Crippen molar-refractivity contribution in [3.8, 4) is 0 Å². The Kier molecular flexibility index (Phi) is 4.86. The van der Waals surface area contributed by atoms with Gasteiger partial charge in [0.25, 0.3) is 0 Å². The van der Waals surface area contributed by atoms with Gasteiger partial charge in [0.2, 0.25) is 0 Å². The molecule has 2 aliphatic rings.